The highest BCUT2D eigenvalue weighted by molar-refractivity contribution is 6.08. The molecule has 34 heavy (non-hydrogen) atoms. The molecule has 0 radical (unpaired) electrons. The minimum atomic E-state index is -0.396. The number of rotatable bonds is 5. The van der Waals surface area contributed by atoms with Crippen molar-refractivity contribution in [3.8, 4) is 11.3 Å². The smallest absolute Gasteiger partial charge is 0.257 e. The molecule has 0 fully saturated rings. The summed E-state index contributed by atoms with van der Waals surface area (Å²) in [5.74, 6) is -0.437. The molecule has 5 rings (SSSR count). The molecule has 2 aromatic heterocycles. The fourth-order valence-electron chi connectivity index (χ4n) is 4.11. The van der Waals surface area contributed by atoms with E-state index in [1.807, 2.05) is 36.4 Å². The Labute approximate surface area is 195 Å². The number of H-pyrrole nitrogens is 1. The molecule has 0 saturated heterocycles. The maximum absolute atomic E-state index is 13.4. The Morgan fingerprint density at radius 3 is 2.68 bits per heavy atom. The van der Waals surface area contributed by atoms with Gasteiger partial charge in [0, 0.05) is 35.2 Å². The number of hydrogen-bond donors (Lipinski definition) is 4. The van der Waals surface area contributed by atoms with Gasteiger partial charge in [-0.15, -0.1) is 0 Å². The molecule has 0 unspecified atom stereocenters. The number of aryl methyl sites for hydroxylation is 1. The predicted molar refractivity (Wildman–Crippen MR) is 129 cm³/mol. The van der Waals surface area contributed by atoms with Crippen LogP contribution in [0.4, 0.5) is 21.6 Å². The molecule has 7 nitrogen and oxygen atoms in total. The first-order valence-corrected chi connectivity index (χ1v) is 10.8. The predicted octanol–water partition coefficient (Wildman–Crippen LogP) is 4.81. The molecular weight excluding hydrogens is 433 g/mol. The van der Waals surface area contributed by atoms with E-state index in [1.165, 1.54) is 18.2 Å². The van der Waals surface area contributed by atoms with Gasteiger partial charge in [0.05, 0.1) is 23.5 Å². The summed E-state index contributed by atoms with van der Waals surface area (Å²) in [6.45, 7) is 2.49. The zero-order chi connectivity index (χ0) is 23.7. The van der Waals surface area contributed by atoms with Gasteiger partial charge in [-0.1, -0.05) is 18.2 Å². The number of pyridine rings is 1. The number of nitrogens with one attached hydrogen (secondary N) is 4. The van der Waals surface area contributed by atoms with E-state index >= 15 is 0 Å². The van der Waals surface area contributed by atoms with Crippen LogP contribution in [-0.4, -0.2) is 28.2 Å². The number of aromatic amines is 1. The number of ketones is 1. The fourth-order valence-corrected chi connectivity index (χ4v) is 4.11. The van der Waals surface area contributed by atoms with Crippen molar-refractivity contribution in [2.75, 3.05) is 17.2 Å². The van der Waals surface area contributed by atoms with E-state index in [4.69, 9.17) is 0 Å². The van der Waals surface area contributed by atoms with Gasteiger partial charge in [-0.25, -0.2) is 9.37 Å². The first kappa shape index (κ1) is 21.5. The minimum Gasteiger partial charge on any atom is -0.355 e. The molecule has 0 saturated carbocycles. The molecule has 4 aromatic rings. The largest absolute Gasteiger partial charge is 0.355 e. The molecule has 0 bridgehead atoms. The number of carbonyl (C=O) groups excluding carboxylic acids is 2. The Hall–Kier alpha value is -4.30. The van der Waals surface area contributed by atoms with Crippen LogP contribution in [-0.2, 0) is 6.54 Å². The number of Topliss-reactive ketones (excluding diaryl/α,β-unsaturated/α-hetero) is 1. The van der Waals surface area contributed by atoms with Gasteiger partial charge < -0.3 is 20.9 Å². The van der Waals surface area contributed by atoms with Gasteiger partial charge in [0.2, 0.25) is 0 Å². The van der Waals surface area contributed by atoms with Crippen LogP contribution in [0.15, 0.2) is 66.9 Å². The standard InChI is InChI=1S/C26H22FN5O2/c1-15-11-17(27)7-8-19(15)26(34)32-22-12-16(9-10-29-22)24-25(30-18-5-3-2-4-6-18)23-20(31-24)13-28-14-21(23)33/h2-12,28,30-31H,13-14H2,1H3,(H,29,32,34). The molecule has 170 valence electrons. The van der Waals surface area contributed by atoms with Gasteiger partial charge in [0.15, 0.2) is 5.78 Å². The summed E-state index contributed by atoms with van der Waals surface area (Å²) in [5, 5.41) is 9.27. The second kappa shape index (κ2) is 8.92. The lowest BCUT2D eigenvalue weighted by atomic mass is 10.0. The third kappa shape index (κ3) is 4.18. The number of halogens is 1. The van der Waals surface area contributed by atoms with E-state index < -0.39 is 5.82 Å². The van der Waals surface area contributed by atoms with Crippen molar-refractivity contribution in [1.29, 1.82) is 0 Å². The van der Waals surface area contributed by atoms with E-state index in [-0.39, 0.29) is 18.2 Å². The summed E-state index contributed by atoms with van der Waals surface area (Å²) in [5.41, 5.74) is 5.34. The van der Waals surface area contributed by atoms with Crippen LogP contribution >= 0.6 is 0 Å². The maximum Gasteiger partial charge on any atom is 0.257 e. The zero-order valence-corrected chi connectivity index (χ0v) is 18.4. The van der Waals surface area contributed by atoms with Crippen molar-refractivity contribution >= 4 is 28.9 Å². The van der Waals surface area contributed by atoms with E-state index in [2.05, 4.69) is 25.9 Å². The molecule has 8 heteroatoms. The van der Waals surface area contributed by atoms with Crippen molar-refractivity contribution in [1.82, 2.24) is 15.3 Å². The second-order valence-electron chi connectivity index (χ2n) is 8.09. The molecule has 4 N–H and O–H groups in total. The summed E-state index contributed by atoms with van der Waals surface area (Å²) in [6, 6.07) is 17.2. The third-order valence-corrected chi connectivity index (χ3v) is 5.71. The molecule has 1 aliphatic rings. The number of aromatic nitrogens is 2. The Morgan fingerprint density at radius 1 is 1.06 bits per heavy atom. The molecule has 0 atom stereocenters. The minimum absolute atomic E-state index is 0.00320. The topological polar surface area (TPSA) is 98.9 Å². The number of anilines is 3. The highest BCUT2D eigenvalue weighted by Gasteiger charge is 2.27. The van der Waals surface area contributed by atoms with Crippen LogP contribution < -0.4 is 16.0 Å². The van der Waals surface area contributed by atoms with Crippen molar-refractivity contribution in [2.45, 2.75) is 13.5 Å². The molecule has 0 aliphatic carbocycles. The Balaban J connectivity index is 1.51. The van der Waals surface area contributed by atoms with E-state index in [0.717, 1.165) is 22.6 Å². The number of nitrogens with zero attached hydrogens (tertiary/aromatic N) is 1. The number of hydrogen-bond acceptors (Lipinski definition) is 5. The average Bonchev–Trinajstić information content (AvgIpc) is 3.19. The van der Waals surface area contributed by atoms with Crippen LogP contribution in [0.1, 0.15) is 32.0 Å². The summed E-state index contributed by atoms with van der Waals surface area (Å²) in [7, 11) is 0. The monoisotopic (exact) mass is 455 g/mol. The molecule has 2 aromatic carbocycles. The molecule has 0 spiro atoms. The molecule has 1 amide bonds. The fraction of sp³-hybridized carbons (Fsp3) is 0.115. The molecular formula is C26H22FN5O2. The van der Waals surface area contributed by atoms with Crippen molar-refractivity contribution in [3.63, 3.8) is 0 Å². The highest BCUT2D eigenvalue weighted by atomic mass is 19.1. The number of carbonyl (C=O) groups is 2. The highest BCUT2D eigenvalue weighted by Crippen LogP contribution is 2.37. The maximum atomic E-state index is 13.4. The van der Waals surface area contributed by atoms with Crippen LogP contribution in [0.25, 0.3) is 11.3 Å². The number of benzene rings is 2. The summed E-state index contributed by atoms with van der Waals surface area (Å²) in [4.78, 5) is 33.1. The number of fused-ring (bicyclic) bond motifs is 1. The first-order chi connectivity index (χ1) is 16.5. The normalized spacial score (nSPS) is 12.8. The lowest BCUT2D eigenvalue weighted by molar-refractivity contribution is 0.0981. The van der Waals surface area contributed by atoms with Gasteiger partial charge in [0.25, 0.3) is 5.91 Å². The lowest BCUT2D eigenvalue weighted by Crippen LogP contribution is -2.29. The first-order valence-electron chi connectivity index (χ1n) is 10.8. The Morgan fingerprint density at radius 2 is 1.88 bits per heavy atom. The van der Waals surface area contributed by atoms with Crippen molar-refractivity contribution in [2.24, 2.45) is 0 Å². The van der Waals surface area contributed by atoms with E-state index in [9.17, 15) is 14.0 Å². The number of para-hydroxylation sites is 1. The van der Waals surface area contributed by atoms with Gasteiger partial charge in [-0.05, 0) is 55.0 Å². The van der Waals surface area contributed by atoms with Gasteiger partial charge in [-0.2, -0.15) is 0 Å². The SMILES string of the molecule is Cc1cc(F)ccc1C(=O)Nc1cc(-c2[nH]c3c(c2Nc2ccccc2)C(=O)CNC3)ccn1. The van der Waals surface area contributed by atoms with Crippen LogP contribution in [0.5, 0.6) is 0 Å². The lowest BCUT2D eigenvalue weighted by Gasteiger charge is -2.14. The van der Waals surface area contributed by atoms with Gasteiger partial charge in [-0.3, -0.25) is 9.59 Å². The summed E-state index contributed by atoms with van der Waals surface area (Å²) < 4.78 is 13.4. The summed E-state index contributed by atoms with van der Waals surface area (Å²) >= 11 is 0. The number of amides is 1. The third-order valence-electron chi connectivity index (χ3n) is 5.71. The van der Waals surface area contributed by atoms with Crippen molar-refractivity contribution in [3.05, 3.63) is 95.1 Å². The molecule has 1 aliphatic heterocycles. The van der Waals surface area contributed by atoms with Gasteiger partial charge in [0.1, 0.15) is 11.6 Å². The Kier molecular flexibility index (Phi) is 5.65. The van der Waals surface area contributed by atoms with Crippen LogP contribution in [0.3, 0.4) is 0 Å². The Bertz CT molecular complexity index is 1400. The second-order valence-corrected chi connectivity index (χ2v) is 8.09. The molecule has 3 heterocycles. The van der Waals surface area contributed by atoms with E-state index in [1.54, 1.807) is 19.2 Å². The summed E-state index contributed by atoms with van der Waals surface area (Å²) in [6.07, 6.45) is 1.59. The average molecular weight is 455 g/mol. The van der Waals surface area contributed by atoms with Crippen molar-refractivity contribution < 1.29 is 14.0 Å². The van der Waals surface area contributed by atoms with Gasteiger partial charge >= 0.3 is 0 Å². The van der Waals surface area contributed by atoms with Crippen LogP contribution in [0.2, 0.25) is 0 Å². The quantitative estimate of drug-likeness (QED) is 0.346. The van der Waals surface area contributed by atoms with E-state index in [0.29, 0.717) is 34.7 Å². The zero-order valence-electron chi connectivity index (χ0n) is 18.4. The van der Waals surface area contributed by atoms with Crippen LogP contribution in [0, 0.1) is 12.7 Å².